The van der Waals surface area contributed by atoms with E-state index in [1.54, 1.807) is 36.4 Å². The van der Waals surface area contributed by atoms with Gasteiger partial charge in [-0.3, -0.25) is 9.97 Å². The van der Waals surface area contributed by atoms with Crippen LogP contribution in [-0.4, -0.2) is 15.0 Å². The van der Waals surface area contributed by atoms with Crippen molar-refractivity contribution in [1.29, 1.82) is 5.26 Å². The lowest BCUT2D eigenvalue weighted by atomic mass is 10.2. The highest BCUT2D eigenvalue weighted by Gasteiger charge is 2.08. The molecular formula is C17H12N4S. The van der Waals surface area contributed by atoms with Gasteiger partial charge in [0.2, 0.25) is 0 Å². The largest absolute Gasteiger partial charge is 0.265 e. The fraction of sp³-hybridized carbons (Fsp3) is 0.0588. The Morgan fingerprint density at radius 1 is 0.955 bits per heavy atom. The van der Waals surface area contributed by atoms with Crippen molar-refractivity contribution in [2.45, 2.75) is 10.8 Å². The Labute approximate surface area is 132 Å². The molecular weight excluding hydrogens is 292 g/mol. The molecule has 0 saturated heterocycles. The zero-order valence-corrected chi connectivity index (χ0v) is 12.5. The molecule has 0 fully saturated rings. The van der Waals surface area contributed by atoms with Crippen LogP contribution in [0.4, 0.5) is 0 Å². The van der Waals surface area contributed by atoms with Gasteiger partial charge < -0.3 is 0 Å². The van der Waals surface area contributed by atoms with Crippen LogP contribution >= 0.6 is 11.8 Å². The Morgan fingerprint density at radius 2 is 1.82 bits per heavy atom. The van der Waals surface area contributed by atoms with Gasteiger partial charge in [0.15, 0.2) is 0 Å². The second-order valence-corrected chi connectivity index (χ2v) is 5.48. The Bertz CT molecular complexity index is 798. The van der Waals surface area contributed by atoms with Gasteiger partial charge in [0.05, 0.1) is 17.0 Å². The maximum atomic E-state index is 9.25. The molecule has 106 valence electrons. The molecule has 4 nitrogen and oxygen atoms in total. The number of nitriles is 1. The van der Waals surface area contributed by atoms with Crippen LogP contribution in [0.5, 0.6) is 0 Å². The third-order valence-corrected chi connectivity index (χ3v) is 4.10. The van der Waals surface area contributed by atoms with Crippen molar-refractivity contribution in [3.8, 4) is 17.5 Å². The van der Waals surface area contributed by atoms with Crippen molar-refractivity contribution >= 4 is 11.8 Å². The number of rotatable bonds is 4. The smallest absolute Gasteiger partial charge is 0.115 e. The number of aromatic nitrogens is 3. The molecule has 0 unspecified atom stereocenters. The highest BCUT2D eigenvalue weighted by Crippen LogP contribution is 2.26. The molecule has 22 heavy (non-hydrogen) atoms. The summed E-state index contributed by atoms with van der Waals surface area (Å²) in [7, 11) is 0. The molecule has 0 atom stereocenters. The Hall–Kier alpha value is -2.71. The zero-order chi connectivity index (χ0) is 15.2. The predicted octanol–water partition coefficient (Wildman–Crippen LogP) is 3.70. The molecule has 3 aromatic heterocycles. The molecule has 3 rings (SSSR count). The Morgan fingerprint density at radius 3 is 2.55 bits per heavy atom. The van der Waals surface area contributed by atoms with Gasteiger partial charge in [0, 0.05) is 24.3 Å². The third kappa shape index (κ3) is 3.30. The van der Waals surface area contributed by atoms with Crippen LogP contribution in [0, 0.1) is 11.3 Å². The average Bonchev–Trinajstić information content (AvgIpc) is 2.61. The summed E-state index contributed by atoms with van der Waals surface area (Å²) < 4.78 is 0. The van der Waals surface area contributed by atoms with Crippen LogP contribution in [0.3, 0.4) is 0 Å². The van der Waals surface area contributed by atoms with Crippen LogP contribution in [0.25, 0.3) is 11.4 Å². The van der Waals surface area contributed by atoms with Gasteiger partial charge in [-0.05, 0) is 42.0 Å². The molecule has 0 aromatic carbocycles. The minimum absolute atomic E-state index is 0.582. The van der Waals surface area contributed by atoms with Crippen molar-refractivity contribution < 1.29 is 0 Å². The Balaban J connectivity index is 1.87. The minimum Gasteiger partial charge on any atom is -0.265 e. The summed E-state index contributed by atoms with van der Waals surface area (Å²) >= 11 is 1.54. The summed E-state index contributed by atoms with van der Waals surface area (Å²) in [5, 5.41) is 9.97. The fourth-order valence-corrected chi connectivity index (χ4v) is 2.85. The fourth-order valence-electron chi connectivity index (χ4n) is 1.92. The SMILES string of the molecule is N#Cc1ccc(-c2ccccn2)nc1SCc1ccncc1. The van der Waals surface area contributed by atoms with Gasteiger partial charge in [-0.25, -0.2) is 4.98 Å². The first-order valence-electron chi connectivity index (χ1n) is 6.71. The first-order valence-corrected chi connectivity index (χ1v) is 7.69. The standard InChI is InChI=1S/C17H12N4S/c18-11-14-4-5-16(15-3-1-2-8-20-15)21-17(14)22-12-13-6-9-19-10-7-13/h1-10H,12H2. The molecule has 0 amide bonds. The lowest BCUT2D eigenvalue weighted by molar-refractivity contribution is 1.10. The number of hydrogen-bond acceptors (Lipinski definition) is 5. The van der Waals surface area contributed by atoms with Crippen molar-refractivity contribution in [2.75, 3.05) is 0 Å². The molecule has 0 aliphatic heterocycles. The normalized spacial score (nSPS) is 10.1. The molecule has 0 radical (unpaired) electrons. The molecule has 0 N–H and O–H groups in total. The summed E-state index contributed by atoms with van der Waals surface area (Å²) in [5.41, 5.74) is 3.31. The van der Waals surface area contributed by atoms with Gasteiger partial charge in [0.1, 0.15) is 11.1 Å². The number of thioether (sulfide) groups is 1. The van der Waals surface area contributed by atoms with Crippen LogP contribution in [0.15, 0.2) is 66.1 Å². The van der Waals surface area contributed by atoms with E-state index in [9.17, 15) is 5.26 Å². The monoisotopic (exact) mass is 304 g/mol. The number of hydrogen-bond donors (Lipinski definition) is 0. The van der Waals surface area contributed by atoms with Gasteiger partial charge in [0.25, 0.3) is 0 Å². The highest BCUT2D eigenvalue weighted by molar-refractivity contribution is 7.98. The average molecular weight is 304 g/mol. The lowest BCUT2D eigenvalue weighted by Crippen LogP contribution is -1.93. The first-order chi connectivity index (χ1) is 10.9. The van der Waals surface area contributed by atoms with E-state index in [1.807, 2.05) is 36.4 Å². The quantitative estimate of drug-likeness (QED) is 0.688. The van der Waals surface area contributed by atoms with E-state index in [0.29, 0.717) is 5.56 Å². The lowest BCUT2D eigenvalue weighted by Gasteiger charge is -2.06. The molecule has 0 saturated carbocycles. The Kier molecular flexibility index (Phi) is 4.42. The van der Waals surface area contributed by atoms with Crippen LogP contribution in [0.1, 0.15) is 11.1 Å². The maximum absolute atomic E-state index is 9.25. The summed E-state index contributed by atoms with van der Waals surface area (Å²) in [6, 6.07) is 15.4. The maximum Gasteiger partial charge on any atom is 0.115 e. The van der Waals surface area contributed by atoms with Gasteiger partial charge in [-0.1, -0.05) is 6.07 Å². The topological polar surface area (TPSA) is 62.5 Å². The third-order valence-electron chi connectivity index (χ3n) is 3.03. The molecule has 3 aromatic rings. The van der Waals surface area contributed by atoms with E-state index < -0.39 is 0 Å². The summed E-state index contributed by atoms with van der Waals surface area (Å²) in [6.45, 7) is 0. The van der Waals surface area contributed by atoms with Crippen molar-refractivity contribution in [3.05, 3.63) is 72.2 Å². The van der Waals surface area contributed by atoms with Crippen molar-refractivity contribution in [3.63, 3.8) is 0 Å². The van der Waals surface area contributed by atoms with Crippen LogP contribution in [0.2, 0.25) is 0 Å². The van der Waals surface area contributed by atoms with E-state index in [0.717, 1.165) is 27.7 Å². The molecule has 0 spiro atoms. The summed E-state index contributed by atoms with van der Waals surface area (Å²) in [6.07, 6.45) is 5.26. The molecule has 5 heteroatoms. The van der Waals surface area contributed by atoms with E-state index >= 15 is 0 Å². The second-order valence-electron chi connectivity index (χ2n) is 4.52. The van der Waals surface area contributed by atoms with Gasteiger partial charge in [-0.2, -0.15) is 5.26 Å². The summed E-state index contributed by atoms with van der Waals surface area (Å²) in [5.74, 6) is 0.746. The van der Waals surface area contributed by atoms with E-state index in [4.69, 9.17) is 0 Å². The van der Waals surface area contributed by atoms with Crippen molar-refractivity contribution in [1.82, 2.24) is 15.0 Å². The summed E-state index contributed by atoms with van der Waals surface area (Å²) in [4.78, 5) is 12.9. The molecule has 3 heterocycles. The highest BCUT2D eigenvalue weighted by atomic mass is 32.2. The van der Waals surface area contributed by atoms with Crippen molar-refractivity contribution in [2.24, 2.45) is 0 Å². The second kappa shape index (κ2) is 6.83. The predicted molar refractivity (Wildman–Crippen MR) is 86.0 cm³/mol. The van der Waals surface area contributed by atoms with E-state index in [1.165, 1.54) is 0 Å². The molecule has 0 aliphatic carbocycles. The van der Waals surface area contributed by atoms with E-state index in [2.05, 4.69) is 21.0 Å². The first kappa shape index (κ1) is 14.2. The minimum atomic E-state index is 0.582. The van der Waals surface area contributed by atoms with Gasteiger partial charge in [-0.15, -0.1) is 11.8 Å². The molecule has 0 aliphatic rings. The number of nitrogens with zero attached hydrogens (tertiary/aromatic N) is 4. The van der Waals surface area contributed by atoms with E-state index in [-0.39, 0.29) is 0 Å². The zero-order valence-electron chi connectivity index (χ0n) is 11.7. The number of pyridine rings is 3. The van der Waals surface area contributed by atoms with Crippen LogP contribution in [-0.2, 0) is 5.75 Å². The van der Waals surface area contributed by atoms with Crippen LogP contribution < -0.4 is 0 Å². The van der Waals surface area contributed by atoms with Gasteiger partial charge >= 0.3 is 0 Å². The molecule has 0 bridgehead atoms.